The molecule has 0 saturated heterocycles. The molecule has 0 aromatic heterocycles. The molecular formula is C16H26N2O3. The van der Waals surface area contributed by atoms with Gasteiger partial charge in [-0.25, -0.2) is 0 Å². The fraction of sp³-hybridized carbons (Fsp3) is 0.562. The maximum Gasteiger partial charge on any atom is 0.236 e. The first-order chi connectivity index (χ1) is 10.1. The van der Waals surface area contributed by atoms with E-state index in [0.717, 1.165) is 17.7 Å². The highest BCUT2D eigenvalue weighted by atomic mass is 16.5. The van der Waals surface area contributed by atoms with Gasteiger partial charge < -0.3 is 14.8 Å². The number of carbonyl (C=O) groups is 1. The number of methoxy groups -OCH3 is 2. The van der Waals surface area contributed by atoms with E-state index in [4.69, 9.17) is 9.47 Å². The topological polar surface area (TPSA) is 59.6 Å². The molecule has 5 heteroatoms. The normalized spacial score (nSPS) is 13.5. The lowest BCUT2D eigenvalue weighted by molar-refractivity contribution is -0.122. The van der Waals surface area contributed by atoms with Gasteiger partial charge in [0.05, 0.1) is 13.2 Å². The Labute approximate surface area is 127 Å². The van der Waals surface area contributed by atoms with E-state index in [1.807, 2.05) is 38.1 Å². The van der Waals surface area contributed by atoms with Gasteiger partial charge >= 0.3 is 0 Å². The van der Waals surface area contributed by atoms with Crippen LogP contribution in [-0.2, 0) is 9.53 Å². The fourth-order valence-corrected chi connectivity index (χ4v) is 2.04. The van der Waals surface area contributed by atoms with Gasteiger partial charge in [-0.1, -0.05) is 12.1 Å². The van der Waals surface area contributed by atoms with Gasteiger partial charge in [-0.2, -0.15) is 0 Å². The predicted octanol–water partition coefficient (Wildman–Crippen LogP) is 1.89. The Bertz CT molecular complexity index is 437. The molecule has 0 saturated carbocycles. The monoisotopic (exact) mass is 294 g/mol. The van der Waals surface area contributed by atoms with Crippen LogP contribution in [0.5, 0.6) is 5.75 Å². The van der Waals surface area contributed by atoms with Crippen molar-refractivity contribution >= 4 is 5.91 Å². The van der Waals surface area contributed by atoms with Crippen molar-refractivity contribution in [3.05, 3.63) is 29.8 Å². The zero-order chi connectivity index (χ0) is 15.7. The van der Waals surface area contributed by atoms with E-state index in [1.165, 1.54) is 0 Å². The highest BCUT2D eigenvalue weighted by Gasteiger charge is 2.16. The smallest absolute Gasteiger partial charge is 0.236 e. The van der Waals surface area contributed by atoms with E-state index in [1.54, 1.807) is 14.2 Å². The third-order valence-corrected chi connectivity index (χ3v) is 3.31. The molecule has 1 aromatic carbocycles. The van der Waals surface area contributed by atoms with E-state index < -0.39 is 0 Å². The predicted molar refractivity (Wildman–Crippen MR) is 83.5 cm³/mol. The maximum atomic E-state index is 12.0. The third kappa shape index (κ3) is 6.14. The minimum absolute atomic E-state index is 0.000786. The molecule has 2 N–H and O–H groups in total. The molecule has 0 fully saturated rings. The number of amides is 1. The van der Waals surface area contributed by atoms with Gasteiger partial charge in [-0.05, 0) is 38.0 Å². The maximum absolute atomic E-state index is 12.0. The van der Waals surface area contributed by atoms with Crippen molar-refractivity contribution in [1.82, 2.24) is 10.6 Å². The summed E-state index contributed by atoms with van der Waals surface area (Å²) < 4.78 is 10.2. The molecule has 0 heterocycles. The highest BCUT2D eigenvalue weighted by Crippen LogP contribution is 2.19. The Morgan fingerprint density at radius 2 is 2.05 bits per heavy atom. The summed E-state index contributed by atoms with van der Waals surface area (Å²) >= 11 is 0. The van der Waals surface area contributed by atoms with Crippen molar-refractivity contribution in [2.45, 2.75) is 32.4 Å². The minimum atomic E-state index is -0.256. The molecule has 0 aliphatic rings. The summed E-state index contributed by atoms with van der Waals surface area (Å²) in [6.07, 6.45) is 0.820. The molecule has 2 atom stereocenters. The zero-order valence-electron chi connectivity index (χ0n) is 13.3. The summed E-state index contributed by atoms with van der Waals surface area (Å²) in [6.45, 7) is 5.18. The van der Waals surface area contributed by atoms with Crippen molar-refractivity contribution in [3.63, 3.8) is 0 Å². The summed E-state index contributed by atoms with van der Waals surface area (Å²) in [6, 6.07) is 7.66. The number of hydrogen-bond donors (Lipinski definition) is 2. The van der Waals surface area contributed by atoms with E-state index in [-0.39, 0.29) is 18.0 Å². The number of rotatable bonds is 9. The minimum Gasteiger partial charge on any atom is -0.497 e. The van der Waals surface area contributed by atoms with Crippen LogP contribution in [0.2, 0.25) is 0 Å². The van der Waals surface area contributed by atoms with Crippen LogP contribution in [-0.4, -0.2) is 39.3 Å². The number of carbonyl (C=O) groups excluding carboxylic acids is 1. The summed E-state index contributed by atoms with van der Waals surface area (Å²) in [4.78, 5) is 12.0. The van der Waals surface area contributed by atoms with E-state index in [9.17, 15) is 4.79 Å². The molecule has 21 heavy (non-hydrogen) atoms. The van der Waals surface area contributed by atoms with Crippen LogP contribution in [0.15, 0.2) is 24.3 Å². The second kappa shape index (κ2) is 9.37. The Morgan fingerprint density at radius 3 is 2.71 bits per heavy atom. The number of nitrogens with one attached hydrogen (secondary N) is 2. The highest BCUT2D eigenvalue weighted by molar-refractivity contribution is 5.81. The van der Waals surface area contributed by atoms with E-state index >= 15 is 0 Å². The summed E-state index contributed by atoms with van der Waals surface area (Å²) in [5.74, 6) is 0.818. The number of hydrogen-bond acceptors (Lipinski definition) is 4. The average molecular weight is 294 g/mol. The Balaban J connectivity index is 2.45. The van der Waals surface area contributed by atoms with Gasteiger partial charge in [0.1, 0.15) is 5.75 Å². The lowest BCUT2D eigenvalue weighted by Crippen LogP contribution is -2.43. The van der Waals surface area contributed by atoms with Crippen LogP contribution in [0.4, 0.5) is 0 Å². The molecule has 118 valence electrons. The Morgan fingerprint density at radius 1 is 1.29 bits per heavy atom. The lowest BCUT2D eigenvalue weighted by atomic mass is 10.1. The quantitative estimate of drug-likeness (QED) is 0.683. The third-order valence-electron chi connectivity index (χ3n) is 3.31. The average Bonchev–Trinajstić information content (AvgIpc) is 2.51. The summed E-state index contributed by atoms with van der Waals surface area (Å²) in [5, 5.41) is 6.18. The van der Waals surface area contributed by atoms with Gasteiger partial charge in [0.15, 0.2) is 0 Å². The van der Waals surface area contributed by atoms with Crippen molar-refractivity contribution in [2.24, 2.45) is 0 Å². The van der Waals surface area contributed by atoms with Crippen LogP contribution in [0, 0.1) is 0 Å². The van der Waals surface area contributed by atoms with Crippen LogP contribution < -0.4 is 15.4 Å². The molecule has 0 radical (unpaired) electrons. The van der Waals surface area contributed by atoms with Crippen LogP contribution in [0.1, 0.15) is 31.9 Å². The zero-order valence-corrected chi connectivity index (χ0v) is 13.3. The molecule has 0 aliphatic carbocycles. The Hall–Kier alpha value is -1.59. The molecule has 1 rings (SSSR count). The molecule has 1 aromatic rings. The first kappa shape index (κ1) is 17.5. The summed E-state index contributed by atoms with van der Waals surface area (Å²) in [7, 11) is 3.30. The standard InChI is InChI=1S/C16H26N2O3/c1-12(14-7-5-8-15(11-14)21-4)18-13(2)16(19)17-9-6-10-20-3/h5,7-8,11-13,18H,6,9-10H2,1-4H3,(H,17,19)/t12-,13?/m0/s1. The molecule has 0 aliphatic heterocycles. The molecule has 1 amide bonds. The van der Waals surface area contributed by atoms with Crippen molar-refractivity contribution in [1.29, 1.82) is 0 Å². The second-order valence-electron chi connectivity index (χ2n) is 5.02. The number of benzene rings is 1. The van der Waals surface area contributed by atoms with Gasteiger partial charge in [0.25, 0.3) is 0 Å². The first-order valence-electron chi connectivity index (χ1n) is 7.25. The summed E-state index contributed by atoms with van der Waals surface area (Å²) in [5.41, 5.74) is 1.09. The largest absolute Gasteiger partial charge is 0.497 e. The van der Waals surface area contributed by atoms with Gasteiger partial charge in [0, 0.05) is 26.3 Å². The van der Waals surface area contributed by atoms with Gasteiger partial charge in [0.2, 0.25) is 5.91 Å². The number of ether oxygens (including phenoxy) is 2. The fourth-order valence-electron chi connectivity index (χ4n) is 2.04. The van der Waals surface area contributed by atoms with Crippen LogP contribution in [0.25, 0.3) is 0 Å². The van der Waals surface area contributed by atoms with Crippen molar-refractivity contribution < 1.29 is 14.3 Å². The second-order valence-corrected chi connectivity index (χ2v) is 5.02. The van der Waals surface area contributed by atoms with Crippen molar-refractivity contribution in [2.75, 3.05) is 27.4 Å². The van der Waals surface area contributed by atoms with E-state index in [2.05, 4.69) is 10.6 Å². The molecule has 1 unspecified atom stereocenters. The SMILES string of the molecule is COCCCNC(=O)C(C)N[C@@H](C)c1cccc(OC)c1. The van der Waals surface area contributed by atoms with Crippen LogP contribution >= 0.6 is 0 Å². The van der Waals surface area contributed by atoms with Crippen LogP contribution in [0.3, 0.4) is 0 Å². The molecule has 5 nitrogen and oxygen atoms in total. The molecule has 0 spiro atoms. The Kier molecular flexibility index (Phi) is 7.79. The van der Waals surface area contributed by atoms with E-state index in [0.29, 0.717) is 13.2 Å². The lowest BCUT2D eigenvalue weighted by Gasteiger charge is -2.20. The first-order valence-corrected chi connectivity index (χ1v) is 7.25. The molecule has 0 bridgehead atoms. The van der Waals surface area contributed by atoms with Crippen molar-refractivity contribution in [3.8, 4) is 5.75 Å². The van der Waals surface area contributed by atoms with Gasteiger partial charge in [-0.15, -0.1) is 0 Å². The van der Waals surface area contributed by atoms with Gasteiger partial charge in [-0.3, -0.25) is 10.1 Å². The molecular weight excluding hydrogens is 268 g/mol.